The average Bonchev–Trinajstić information content (AvgIpc) is 3.36. The zero-order chi connectivity index (χ0) is 22.5. The van der Waals surface area contributed by atoms with E-state index in [1.165, 1.54) is 5.56 Å². The molecule has 0 radical (unpaired) electrons. The van der Waals surface area contributed by atoms with Crippen molar-refractivity contribution in [2.45, 2.75) is 38.1 Å². The predicted octanol–water partition coefficient (Wildman–Crippen LogP) is 4.51. The second kappa shape index (κ2) is 9.96. The minimum absolute atomic E-state index is 0.0771. The molecule has 168 valence electrons. The number of carbonyl (C=O) groups excluding carboxylic acids is 1. The predicted molar refractivity (Wildman–Crippen MR) is 126 cm³/mol. The maximum absolute atomic E-state index is 12.9. The van der Waals surface area contributed by atoms with E-state index in [0.29, 0.717) is 17.7 Å². The lowest BCUT2D eigenvalue weighted by Crippen LogP contribution is -2.39. The maximum atomic E-state index is 12.9. The molecule has 0 bridgehead atoms. The molecule has 7 nitrogen and oxygen atoms in total. The van der Waals surface area contributed by atoms with E-state index in [1.807, 2.05) is 38.2 Å². The third-order valence-electron chi connectivity index (χ3n) is 6.26. The highest BCUT2D eigenvalue weighted by Gasteiger charge is 2.36. The molecule has 2 heterocycles. The van der Waals surface area contributed by atoms with Crippen LogP contribution in [-0.4, -0.2) is 40.6 Å². The molecular formula is C25H31N5O2. The monoisotopic (exact) mass is 433 g/mol. The van der Waals surface area contributed by atoms with Crippen molar-refractivity contribution in [1.82, 2.24) is 20.1 Å². The summed E-state index contributed by atoms with van der Waals surface area (Å²) < 4.78 is 6.96. The van der Waals surface area contributed by atoms with E-state index in [9.17, 15) is 4.79 Å². The first-order valence-corrected chi connectivity index (χ1v) is 11.1. The Bertz CT molecular complexity index is 1030. The summed E-state index contributed by atoms with van der Waals surface area (Å²) in [5.41, 5.74) is 3.92. The van der Waals surface area contributed by atoms with Crippen LogP contribution in [0, 0.1) is 12.8 Å². The number of aryl methyl sites for hydroxylation is 2. The van der Waals surface area contributed by atoms with E-state index >= 15 is 0 Å². The van der Waals surface area contributed by atoms with Crippen molar-refractivity contribution in [3.63, 3.8) is 0 Å². The SMILES string of the molecule is COCC[C@@H]1C[C@@H](NC(=O)Nc2cc(-c3ccc(C)nc3)nn2C)[C@H](c2ccccc2)C1. The lowest BCUT2D eigenvalue weighted by molar-refractivity contribution is 0.177. The first-order valence-electron chi connectivity index (χ1n) is 11.1. The maximum Gasteiger partial charge on any atom is 0.320 e. The lowest BCUT2D eigenvalue weighted by atomic mass is 9.93. The third-order valence-corrected chi connectivity index (χ3v) is 6.26. The Kier molecular flexibility index (Phi) is 6.85. The fraction of sp³-hybridized carbons (Fsp3) is 0.400. The lowest BCUT2D eigenvalue weighted by Gasteiger charge is -2.21. The number of amides is 2. The van der Waals surface area contributed by atoms with Crippen LogP contribution in [0.25, 0.3) is 11.3 Å². The normalized spacial score (nSPS) is 20.3. The molecule has 0 unspecified atom stereocenters. The average molecular weight is 434 g/mol. The summed E-state index contributed by atoms with van der Waals surface area (Å²) in [6, 6.07) is 16.1. The van der Waals surface area contributed by atoms with Gasteiger partial charge in [0.25, 0.3) is 0 Å². The van der Waals surface area contributed by atoms with Crippen LogP contribution >= 0.6 is 0 Å². The highest BCUT2D eigenvalue weighted by atomic mass is 16.5. The molecule has 0 saturated heterocycles. The van der Waals surface area contributed by atoms with Gasteiger partial charge in [-0.2, -0.15) is 5.10 Å². The van der Waals surface area contributed by atoms with Gasteiger partial charge in [-0.25, -0.2) is 4.79 Å². The van der Waals surface area contributed by atoms with Gasteiger partial charge in [-0.3, -0.25) is 15.0 Å². The Labute approximate surface area is 189 Å². The van der Waals surface area contributed by atoms with Crippen LogP contribution in [0.2, 0.25) is 0 Å². The third kappa shape index (κ3) is 5.16. The number of aromatic nitrogens is 3. The van der Waals surface area contributed by atoms with Crippen molar-refractivity contribution >= 4 is 11.8 Å². The number of urea groups is 1. The molecule has 1 saturated carbocycles. The number of nitrogens with one attached hydrogen (secondary N) is 2. The second-order valence-electron chi connectivity index (χ2n) is 8.57. The zero-order valence-electron chi connectivity index (χ0n) is 18.9. The molecule has 3 atom stereocenters. The van der Waals surface area contributed by atoms with Crippen molar-refractivity contribution in [2.24, 2.45) is 13.0 Å². The van der Waals surface area contributed by atoms with Gasteiger partial charge in [-0.15, -0.1) is 0 Å². The molecule has 2 amide bonds. The molecular weight excluding hydrogens is 402 g/mol. The van der Waals surface area contributed by atoms with Gasteiger partial charge in [-0.05, 0) is 49.8 Å². The molecule has 4 rings (SSSR count). The number of benzene rings is 1. The summed E-state index contributed by atoms with van der Waals surface area (Å²) in [6.07, 6.45) is 4.80. The number of nitrogens with zero attached hydrogens (tertiary/aromatic N) is 3. The van der Waals surface area contributed by atoms with Crippen LogP contribution in [-0.2, 0) is 11.8 Å². The van der Waals surface area contributed by atoms with Gasteiger partial charge in [-0.1, -0.05) is 30.3 Å². The van der Waals surface area contributed by atoms with Gasteiger partial charge in [0.1, 0.15) is 5.82 Å². The number of carbonyl (C=O) groups is 1. The van der Waals surface area contributed by atoms with Crippen LogP contribution in [0.3, 0.4) is 0 Å². The van der Waals surface area contributed by atoms with Gasteiger partial charge in [0, 0.05) is 56.2 Å². The topological polar surface area (TPSA) is 81.1 Å². The van der Waals surface area contributed by atoms with E-state index in [4.69, 9.17) is 4.74 Å². The fourth-order valence-electron chi connectivity index (χ4n) is 4.56. The number of methoxy groups -OCH3 is 1. The van der Waals surface area contributed by atoms with Crippen molar-refractivity contribution in [2.75, 3.05) is 19.0 Å². The molecule has 2 aromatic heterocycles. The summed E-state index contributed by atoms with van der Waals surface area (Å²) >= 11 is 0. The molecule has 0 spiro atoms. The van der Waals surface area contributed by atoms with Gasteiger partial charge in [0.05, 0.1) is 5.69 Å². The number of hydrogen-bond acceptors (Lipinski definition) is 4. The van der Waals surface area contributed by atoms with Gasteiger partial charge in [0.2, 0.25) is 0 Å². The number of pyridine rings is 1. The summed E-state index contributed by atoms with van der Waals surface area (Å²) in [4.78, 5) is 17.2. The number of hydrogen-bond donors (Lipinski definition) is 2. The molecule has 1 aromatic carbocycles. The molecule has 2 N–H and O–H groups in total. The van der Waals surface area contributed by atoms with E-state index in [-0.39, 0.29) is 12.1 Å². The Hall–Kier alpha value is -3.19. The summed E-state index contributed by atoms with van der Waals surface area (Å²) in [5.74, 6) is 1.47. The largest absolute Gasteiger partial charge is 0.385 e. The molecule has 32 heavy (non-hydrogen) atoms. The molecule has 1 aliphatic rings. The Balaban J connectivity index is 1.44. The van der Waals surface area contributed by atoms with E-state index in [2.05, 4.69) is 45.0 Å². The van der Waals surface area contributed by atoms with Crippen LogP contribution in [0.15, 0.2) is 54.7 Å². The summed E-state index contributed by atoms with van der Waals surface area (Å²) in [5, 5.41) is 10.7. The van der Waals surface area contributed by atoms with Crippen LogP contribution in [0.1, 0.15) is 36.4 Å². The van der Waals surface area contributed by atoms with Crippen molar-refractivity contribution in [3.8, 4) is 11.3 Å². The number of ether oxygens (including phenoxy) is 1. The highest BCUT2D eigenvalue weighted by Crippen LogP contribution is 2.40. The molecule has 7 heteroatoms. The standard InChI is InChI=1S/C25H31N5O2/c1-17-9-10-20(16-26-17)22-15-24(30(2)29-22)28-25(31)27-23-14-18(11-12-32-3)13-21(23)19-7-5-4-6-8-19/h4-10,15-16,18,21,23H,11-14H2,1-3H3,(H2,27,28,31)/t18-,21-,23+/m0/s1. The molecule has 0 aliphatic heterocycles. The fourth-order valence-corrected chi connectivity index (χ4v) is 4.56. The van der Waals surface area contributed by atoms with Crippen molar-refractivity contribution in [1.29, 1.82) is 0 Å². The van der Waals surface area contributed by atoms with Crippen molar-refractivity contribution in [3.05, 3.63) is 66.0 Å². The quantitative estimate of drug-likeness (QED) is 0.574. The second-order valence-corrected chi connectivity index (χ2v) is 8.57. The van der Waals surface area contributed by atoms with E-state index in [1.54, 1.807) is 18.0 Å². The summed E-state index contributed by atoms with van der Waals surface area (Å²) in [7, 11) is 3.56. The first kappa shape index (κ1) is 22.0. The Morgan fingerprint density at radius 3 is 2.72 bits per heavy atom. The minimum Gasteiger partial charge on any atom is -0.385 e. The van der Waals surface area contributed by atoms with Crippen LogP contribution < -0.4 is 10.6 Å². The number of anilines is 1. The zero-order valence-corrected chi connectivity index (χ0v) is 18.9. The van der Waals surface area contributed by atoms with Crippen LogP contribution in [0.4, 0.5) is 10.6 Å². The summed E-state index contributed by atoms with van der Waals surface area (Å²) in [6.45, 7) is 2.70. The highest BCUT2D eigenvalue weighted by molar-refractivity contribution is 5.89. The van der Waals surface area contributed by atoms with E-state index < -0.39 is 0 Å². The Morgan fingerprint density at radius 1 is 1.19 bits per heavy atom. The number of rotatable bonds is 7. The van der Waals surface area contributed by atoms with Crippen molar-refractivity contribution < 1.29 is 9.53 Å². The molecule has 3 aromatic rings. The Morgan fingerprint density at radius 2 is 2.00 bits per heavy atom. The first-order chi connectivity index (χ1) is 15.5. The van der Waals surface area contributed by atoms with Gasteiger partial charge >= 0.3 is 6.03 Å². The van der Waals surface area contributed by atoms with Crippen LogP contribution in [0.5, 0.6) is 0 Å². The van der Waals surface area contributed by atoms with Gasteiger partial charge in [0.15, 0.2) is 0 Å². The minimum atomic E-state index is -0.208. The van der Waals surface area contributed by atoms with E-state index in [0.717, 1.165) is 42.8 Å². The van der Waals surface area contributed by atoms with Gasteiger partial charge < -0.3 is 10.1 Å². The smallest absolute Gasteiger partial charge is 0.320 e. The molecule has 1 fully saturated rings. The molecule has 1 aliphatic carbocycles.